The smallest absolute Gasteiger partial charge is 0.0872 e. The molecular weight excluding hydrogens is 150 g/mol. The lowest BCUT2D eigenvalue weighted by atomic mass is 9.90. The quantitative estimate of drug-likeness (QED) is 0.680. The van der Waals surface area contributed by atoms with Gasteiger partial charge in [-0.15, -0.1) is 0 Å². The van der Waals surface area contributed by atoms with Gasteiger partial charge in [-0.2, -0.15) is 0 Å². The maximum atomic E-state index is 9.47. The van der Waals surface area contributed by atoms with Gasteiger partial charge in [-0.1, -0.05) is 20.8 Å². The first kappa shape index (κ1) is 10.0. The molecule has 0 saturated carbocycles. The fourth-order valence-corrected chi connectivity index (χ4v) is 1.57. The molecule has 1 N–H and O–H groups in total. The van der Waals surface area contributed by atoms with E-state index < -0.39 is 5.60 Å². The minimum Gasteiger partial charge on any atom is -0.388 e. The second-order valence-corrected chi connectivity index (χ2v) is 5.52. The monoisotopic (exact) mass is 171 g/mol. The van der Waals surface area contributed by atoms with Crippen LogP contribution in [0.5, 0.6) is 0 Å². The molecule has 1 aliphatic rings. The van der Waals surface area contributed by atoms with Crippen LogP contribution in [0.15, 0.2) is 0 Å². The minimum atomic E-state index is -0.405. The summed E-state index contributed by atoms with van der Waals surface area (Å²) in [6, 6.07) is 0. The van der Waals surface area contributed by atoms with Crippen molar-refractivity contribution in [1.29, 1.82) is 0 Å². The molecule has 1 heterocycles. The van der Waals surface area contributed by atoms with Crippen LogP contribution in [0, 0.1) is 5.41 Å². The van der Waals surface area contributed by atoms with E-state index in [1.54, 1.807) is 0 Å². The first-order valence-corrected chi connectivity index (χ1v) is 4.73. The first-order valence-electron chi connectivity index (χ1n) is 4.73. The van der Waals surface area contributed by atoms with Crippen LogP contribution in [0.2, 0.25) is 0 Å². The molecule has 0 aromatic heterocycles. The second-order valence-electron chi connectivity index (χ2n) is 5.52. The Morgan fingerprint density at radius 2 is 1.83 bits per heavy atom. The molecule has 0 atom stereocenters. The highest BCUT2D eigenvalue weighted by molar-refractivity contribution is 4.91. The van der Waals surface area contributed by atoms with E-state index in [4.69, 9.17) is 0 Å². The molecule has 1 saturated heterocycles. The van der Waals surface area contributed by atoms with Gasteiger partial charge in [-0.05, 0) is 25.3 Å². The van der Waals surface area contributed by atoms with E-state index in [1.807, 2.05) is 6.92 Å². The van der Waals surface area contributed by atoms with Crippen molar-refractivity contribution in [1.82, 2.24) is 4.90 Å². The summed E-state index contributed by atoms with van der Waals surface area (Å²) < 4.78 is 0. The van der Waals surface area contributed by atoms with Crippen molar-refractivity contribution in [2.75, 3.05) is 19.6 Å². The zero-order valence-corrected chi connectivity index (χ0v) is 8.72. The summed E-state index contributed by atoms with van der Waals surface area (Å²) in [6.07, 6.45) is 1.21. The summed E-state index contributed by atoms with van der Waals surface area (Å²) in [7, 11) is 0. The van der Waals surface area contributed by atoms with E-state index in [0.717, 1.165) is 19.6 Å². The summed E-state index contributed by atoms with van der Waals surface area (Å²) in [5.41, 5.74) is 0.0132. The van der Waals surface area contributed by atoms with Crippen molar-refractivity contribution < 1.29 is 5.11 Å². The van der Waals surface area contributed by atoms with Crippen molar-refractivity contribution in [3.63, 3.8) is 0 Å². The number of hydrogen-bond acceptors (Lipinski definition) is 2. The van der Waals surface area contributed by atoms with Gasteiger partial charge in [-0.3, -0.25) is 4.90 Å². The summed E-state index contributed by atoms with van der Waals surface area (Å²) in [4.78, 5) is 2.31. The molecule has 1 aliphatic heterocycles. The molecule has 0 bridgehead atoms. The van der Waals surface area contributed by atoms with Crippen molar-refractivity contribution in [3.8, 4) is 0 Å². The topological polar surface area (TPSA) is 23.5 Å². The molecule has 2 nitrogen and oxygen atoms in total. The minimum absolute atomic E-state index is 0.405. The Hall–Kier alpha value is -0.0800. The number of hydrogen-bond donors (Lipinski definition) is 1. The highest BCUT2D eigenvalue weighted by Crippen LogP contribution is 2.24. The Bertz CT molecular complexity index is 150. The molecule has 0 aliphatic carbocycles. The standard InChI is InChI=1S/C10H21NO/c1-9(2,3)5-6-11-7-10(4,12)8-11/h12H,5-8H2,1-4H3. The average Bonchev–Trinajstić information content (AvgIpc) is 1.76. The lowest BCUT2D eigenvalue weighted by Crippen LogP contribution is -2.60. The number of aliphatic hydroxyl groups is 1. The van der Waals surface area contributed by atoms with Gasteiger partial charge in [0.25, 0.3) is 0 Å². The van der Waals surface area contributed by atoms with E-state index in [-0.39, 0.29) is 0 Å². The maximum absolute atomic E-state index is 9.47. The average molecular weight is 171 g/mol. The Balaban J connectivity index is 2.12. The van der Waals surface area contributed by atoms with Crippen molar-refractivity contribution in [2.45, 2.75) is 39.7 Å². The Morgan fingerprint density at radius 3 is 2.17 bits per heavy atom. The molecule has 0 radical (unpaired) electrons. The van der Waals surface area contributed by atoms with E-state index in [1.165, 1.54) is 6.42 Å². The van der Waals surface area contributed by atoms with Gasteiger partial charge < -0.3 is 5.11 Å². The van der Waals surface area contributed by atoms with Crippen LogP contribution in [0.25, 0.3) is 0 Å². The van der Waals surface area contributed by atoms with Gasteiger partial charge in [-0.25, -0.2) is 0 Å². The van der Waals surface area contributed by atoms with Gasteiger partial charge in [0.05, 0.1) is 5.60 Å². The molecule has 12 heavy (non-hydrogen) atoms. The van der Waals surface area contributed by atoms with Crippen LogP contribution in [0.3, 0.4) is 0 Å². The molecule has 72 valence electrons. The third kappa shape index (κ3) is 3.11. The van der Waals surface area contributed by atoms with E-state index in [9.17, 15) is 5.11 Å². The Kier molecular flexibility index (Phi) is 2.50. The zero-order valence-electron chi connectivity index (χ0n) is 8.72. The van der Waals surface area contributed by atoms with Gasteiger partial charge >= 0.3 is 0 Å². The molecule has 0 aromatic rings. The molecule has 0 aromatic carbocycles. The number of likely N-dealkylation sites (tertiary alicyclic amines) is 1. The molecule has 2 heteroatoms. The second kappa shape index (κ2) is 3.00. The normalized spacial score (nSPS) is 23.8. The molecule has 1 rings (SSSR count). The highest BCUT2D eigenvalue weighted by atomic mass is 16.3. The van der Waals surface area contributed by atoms with Crippen LogP contribution in [-0.2, 0) is 0 Å². The molecule has 1 fully saturated rings. The van der Waals surface area contributed by atoms with Crippen LogP contribution < -0.4 is 0 Å². The number of rotatable bonds is 2. The van der Waals surface area contributed by atoms with E-state index >= 15 is 0 Å². The molecule has 0 unspecified atom stereocenters. The van der Waals surface area contributed by atoms with Gasteiger partial charge in [0.15, 0.2) is 0 Å². The maximum Gasteiger partial charge on any atom is 0.0872 e. The number of β-amino-alcohol motifs (C(OH)–C–C–N with tert-alkyl or cyclic N) is 1. The molecule has 0 amide bonds. The highest BCUT2D eigenvalue weighted by Gasteiger charge is 2.36. The Labute approximate surface area is 75.6 Å². The Morgan fingerprint density at radius 1 is 1.33 bits per heavy atom. The summed E-state index contributed by atoms with van der Waals surface area (Å²) >= 11 is 0. The lowest BCUT2D eigenvalue weighted by molar-refractivity contribution is -0.0857. The van der Waals surface area contributed by atoms with Crippen LogP contribution in [0.4, 0.5) is 0 Å². The van der Waals surface area contributed by atoms with Gasteiger partial charge in [0, 0.05) is 13.1 Å². The summed E-state index contributed by atoms with van der Waals surface area (Å²) in [5, 5.41) is 9.47. The van der Waals surface area contributed by atoms with E-state index in [0.29, 0.717) is 5.41 Å². The van der Waals surface area contributed by atoms with Crippen LogP contribution >= 0.6 is 0 Å². The van der Waals surface area contributed by atoms with E-state index in [2.05, 4.69) is 25.7 Å². The predicted molar refractivity (Wildman–Crippen MR) is 51.1 cm³/mol. The third-order valence-electron chi connectivity index (χ3n) is 2.31. The van der Waals surface area contributed by atoms with Crippen LogP contribution in [-0.4, -0.2) is 35.2 Å². The zero-order chi connectivity index (χ0) is 9.41. The summed E-state index contributed by atoms with van der Waals surface area (Å²) in [5.74, 6) is 0. The lowest BCUT2D eigenvalue weighted by Gasteiger charge is -2.45. The van der Waals surface area contributed by atoms with Crippen molar-refractivity contribution in [2.24, 2.45) is 5.41 Å². The van der Waals surface area contributed by atoms with Gasteiger partial charge in [0.2, 0.25) is 0 Å². The van der Waals surface area contributed by atoms with Crippen molar-refractivity contribution >= 4 is 0 Å². The fourth-order valence-electron chi connectivity index (χ4n) is 1.57. The molecule has 0 spiro atoms. The third-order valence-corrected chi connectivity index (χ3v) is 2.31. The SMILES string of the molecule is CC(C)(C)CCN1CC(C)(O)C1. The molecular formula is C10H21NO. The largest absolute Gasteiger partial charge is 0.388 e. The van der Waals surface area contributed by atoms with Gasteiger partial charge in [0.1, 0.15) is 0 Å². The number of nitrogens with zero attached hydrogens (tertiary/aromatic N) is 1. The predicted octanol–water partition coefficient (Wildman–Crippen LogP) is 1.49. The summed E-state index contributed by atoms with van der Waals surface area (Å²) in [6.45, 7) is 11.5. The fraction of sp³-hybridized carbons (Fsp3) is 1.00. The van der Waals surface area contributed by atoms with Crippen molar-refractivity contribution in [3.05, 3.63) is 0 Å². The van der Waals surface area contributed by atoms with Crippen LogP contribution in [0.1, 0.15) is 34.1 Å². The first-order chi connectivity index (χ1) is 5.29.